The predicted molar refractivity (Wildman–Crippen MR) is 118 cm³/mol. The van der Waals surface area contributed by atoms with Crippen LogP contribution in [0.5, 0.6) is 0 Å². The van der Waals surface area contributed by atoms with Gasteiger partial charge in [-0.15, -0.1) is 22.7 Å². The van der Waals surface area contributed by atoms with Crippen molar-refractivity contribution in [2.24, 2.45) is 4.99 Å². The third-order valence-electron chi connectivity index (χ3n) is 4.69. The van der Waals surface area contributed by atoms with Gasteiger partial charge in [0.2, 0.25) is 0 Å². The van der Waals surface area contributed by atoms with Gasteiger partial charge in [-0.3, -0.25) is 4.90 Å². The van der Waals surface area contributed by atoms with Gasteiger partial charge in [-0.05, 0) is 31.7 Å². The monoisotopic (exact) mass is 421 g/mol. The first-order valence-electron chi connectivity index (χ1n) is 10.0. The zero-order valence-corrected chi connectivity index (χ0v) is 18.6. The predicted octanol–water partition coefficient (Wildman–Crippen LogP) is 3.28. The van der Waals surface area contributed by atoms with E-state index in [0.717, 1.165) is 50.9 Å². The van der Waals surface area contributed by atoms with Crippen LogP contribution in [0.15, 0.2) is 27.9 Å². The van der Waals surface area contributed by atoms with Gasteiger partial charge in [-0.2, -0.15) is 0 Å². The second-order valence-corrected chi connectivity index (χ2v) is 8.79. The van der Waals surface area contributed by atoms with E-state index in [1.807, 2.05) is 11.3 Å². The van der Waals surface area contributed by atoms with E-state index in [2.05, 4.69) is 64.2 Å². The molecule has 3 rings (SSSR count). The molecule has 0 radical (unpaired) electrons. The molecule has 2 unspecified atom stereocenters. The summed E-state index contributed by atoms with van der Waals surface area (Å²) in [6.07, 6.45) is 1.25. The molecule has 2 aromatic heterocycles. The molecule has 0 saturated carbocycles. The minimum atomic E-state index is 0.274. The van der Waals surface area contributed by atoms with E-state index in [1.54, 1.807) is 11.3 Å². The number of thiophene rings is 1. The maximum Gasteiger partial charge on any atom is 0.191 e. The Hall–Kier alpha value is -1.48. The fourth-order valence-corrected chi connectivity index (χ4v) is 4.89. The van der Waals surface area contributed by atoms with Crippen LogP contribution in [0.2, 0.25) is 0 Å². The van der Waals surface area contributed by atoms with Crippen molar-refractivity contribution in [3.05, 3.63) is 38.5 Å². The van der Waals surface area contributed by atoms with E-state index in [0.29, 0.717) is 12.6 Å². The highest BCUT2D eigenvalue weighted by molar-refractivity contribution is 7.10. The molecular weight excluding hydrogens is 390 g/mol. The second kappa shape index (κ2) is 10.9. The molecule has 2 aromatic rings. The lowest BCUT2D eigenvalue weighted by Crippen LogP contribution is -2.48. The molecular formula is C20H31N5OS2. The first-order valence-corrected chi connectivity index (χ1v) is 11.8. The maximum absolute atomic E-state index is 5.74. The van der Waals surface area contributed by atoms with Crippen molar-refractivity contribution >= 4 is 28.6 Å². The standard InChI is InChI=1S/C20H31N5OS2/c1-4-19-24-16(14-28-19)11-22-20(21-5-2)23-12-17(18-7-6-10-27-18)25-8-9-26-15(3)13-25/h6-7,10,14-15,17H,4-5,8-9,11-13H2,1-3H3,(H2,21,22,23). The number of nitrogens with one attached hydrogen (secondary N) is 2. The SMILES string of the molecule is CCNC(=NCc1csc(CC)n1)NCC(c1cccs1)N1CCOC(C)C1. The van der Waals surface area contributed by atoms with Crippen LogP contribution in [0, 0.1) is 0 Å². The molecule has 1 aliphatic rings. The number of hydrogen-bond donors (Lipinski definition) is 2. The number of morpholine rings is 1. The molecule has 28 heavy (non-hydrogen) atoms. The van der Waals surface area contributed by atoms with Gasteiger partial charge in [0.25, 0.3) is 0 Å². The molecule has 2 atom stereocenters. The van der Waals surface area contributed by atoms with Crippen LogP contribution in [-0.2, 0) is 17.7 Å². The van der Waals surface area contributed by atoms with Crippen LogP contribution >= 0.6 is 22.7 Å². The minimum absolute atomic E-state index is 0.274. The van der Waals surface area contributed by atoms with Crippen molar-refractivity contribution in [1.29, 1.82) is 0 Å². The number of guanidine groups is 1. The Morgan fingerprint density at radius 1 is 1.39 bits per heavy atom. The van der Waals surface area contributed by atoms with Crippen LogP contribution in [0.1, 0.15) is 42.4 Å². The highest BCUT2D eigenvalue weighted by Crippen LogP contribution is 2.26. The zero-order valence-electron chi connectivity index (χ0n) is 17.0. The van der Waals surface area contributed by atoms with Gasteiger partial charge >= 0.3 is 0 Å². The number of thiazole rings is 1. The Labute approximate surface area is 176 Å². The molecule has 8 heteroatoms. The van der Waals surface area contributed by atoms with Gasteiger partial charge in [-0.25, -0.2) is 9.98 Å². The summed E-state index contributed by atoms with van der Waals surface area (Å²) in [6.45, 7) is 11.3. The smallest absolute Gasteiger partial charge is 0.191 e. The van der Waals surface area contributed by atoms with E-state index in [1.165, 1.54) is 9.88 Å². The molecule has 1 aliphatic heterocycles. The summed E-state index contributed by atoms with van der Waals surface area (Å²) in [5.74, 6) is 0.844. The molecule has 0 aliphatic carbocycles. The van der Waals surface area contributed by atoms with Gasteiger partial charge in [0.05, 0.1) is 36.0 Å². The van der Waals surface area contributed by atoms with Gasteiger partial charge < -0.3 is 15.4 Å². The Balaban J connectivity index is 1.65. The fourth-order valence-electron chi connectivity index (χ4n) is 3.30. The normalized spacial score (nSPS) is 19.5. The second-order valence-electron chi connectivity index (χ2n) is 6.87. The fraction of sp³-hybridized carbons (Fsp3) is 0.600. The van der Waals surface area contributed by atoms with Crippen molar-refractivity contribution in [2.75, 3.05) is 32.8 Å². The molecule has 0 aromatic carbocycles. The van der Waals surface area contributed by atoms with Gasteiger partial charge in [0.15, 0.2) is 5.96 Å². The largest absolute Gasteiger partial charge is 0.376 e. The summed E-state index contributed by atoms with van der Waals surface area (Å²) in [5.41, 5.74) is 1.04. The quantitative estimate of drug-likeness (QED) is 0.506. The Bertz CT molecular complexity index is 731. The minimum Gasteiger partial charge on any atom is -0.376 e. The Kier molecular flexibility index (Phi) is 8.27. The van der Waals surface area contributed by atoms with Crippen molar-refractivity contribution in [2.45, 2.75) is 45.9 Å². The molecule has 1 saturated heterocycles. The lowest BCUT2D eigenvalue weighted by molar-refractivity contribution is -0.0334. The average molecular weight is 422 g/mol. The van der Waals surface area contributed by atoms with Crippen LogP contribution in [0.4, 0.5) is 0 Å². The van der Waals surface area contributed by atoms with Crippen molar-refractivity contribution < 1.29 is 4.74 Å². The molecule has 1 fully saturated rings. The molecule has 0 spiro atoms. The molecule has 2 N–H and O–H groups in total. The molecule has 154 valence electrons. The van der Waals surface area contributed by atoms with E-state index in [-0.39, 0.29) is 6.10 Å². The van der Waals surface area contributed by atoms with Gasteiger partial charge in [0, 0.05) is 36.4 Å². The highest BCUT2D eigenvalue weighted by Gasteiger charge is 2.26. The number of aromatic nitrogens is 1. The number of rotatable bonds is 8. The average Bonchev–Trinajstić information content (AvgIpc) is 3.38. The first-order chi connectivity index (χ1) is 13.7. The third-order valence-corrected chi connectivity index (χ3v) is 6.71. The van der Waals surface area contributed by atoms with Crippen molar-refractivity contribution in [3.63, 3.8) is 0 Å². The summed E-state index contributed by atoms with van der Waals surface area (Å²) in [5, 5.41) is 12.3. The number of ether oxygens (including phenoxy) is 1. The number of aryl methyl sites for hydroxylation is 1. The lowest BCUT2D eigenvalue weighted by Gasteiger charge is -2.37. The van der Waals surface area contributed by atoms with Crippen molar-refractivity contribution in [1.82, 2.24) is 20.5 Å². The third kappa shape index (κ3) is 6.01. The van der Waals surface area contributed by atoms with Crippen LogP contribution < -0.4 is 10.6 Å². The van der Waals surface area contributed by atoms with E-state index < -0.39 is 0 Å². The van der Waals surface area contributed by atoms with Crippen LogP contribution in [-0.4, -0.2) is 54.7 Å². The van der Waals surface area contributed by atoms with Gasteiger partial charge in [0.1, 0.15) is 0 Å². The lowest BCUT2D eigenvalue weighted by atomic mass is 10.1. The summed E-state index contributed by atoms with van der Waals surface area (Å²) in [4.78, 5) is 13.3. The van der Waals surface area contributed by atoms with Crippen LogP contribution in [0.3, 0.4) is 0 Å². The van der Waals surface area contributed by atoms with Gasteiger partial charge in [-0.1, -0.05) is 13.0 Å². The number of nitrogens with zero attached hydrogens (tertiary/aromatic N) is 3. The van der Waals surface area contributed by atoms with E-state index >= 15 is 0 Å². The number of hydrogen-bond acceptors (Lipinski definition) is 6. The Morgan fingerprint density at radius 2 is 2.29 bits per heavy atom. The van der Waals surface area contributed by atoms with Crippen molar-refractivity contribution in [3.8, 4) is 0 Å². The van der Waals surface area contributed by atoms with E-state index in [9.17, 15) is 0 Å². The highest BCUT2D eigenvalue weighted by atomic mass is 32.1. The summed E-state index contributed by atoms with van der Waals surface area (Å²) >= 11 is 3.53. The topological polar surface area (TPSA) is 61.8 Å². The van der Waals surface area contributed by atoms with Crippen LogP contribution in [0.25, 0.3) is 0 Å². The molecule has 3 heterocycles. The molecule has 0 bridgehead atoms. The first kappa shape index (κ1) is 21.2. The summed E-state index contributed by atoms with van der Waals surface area (Å²) in [6, 6.07) is 4.67. The molecule has 6 nitrogen and oxygen atoms in total. The number of aliphatic imine (C=N–C) groups is 1. The van der Waals surface area contributed by atoms with E-state index in [4.69, 9.17) is 9.73 Å². The molecule has 0 amide bonds. The summed E-state index contributed by atoms with van der Waals surface area (Å²) < 4.78 is 5.74. The summed E-state index contributed by atoms with van der Waals surface area (Å²) in [7, 11) is 0. The maximum atomic E-state index is 5.74. The Morgan fingerprint density at radius 3 is 2.96 bits per heavy atom. The zero-order chi connectivity index (χ0) is 19.8.